The van der Waals surface area contributed by atoms with Crippen LogP contribution in [-0.2, 0) is 11.3 Å². The monoisotopic (exact) mass is 273 g/mol. The van der Waals surface area contributed by atoms with Gasteiger partial charge in [-0.2, -0.15) is 0 Å². The molecular weight excluding hydrogens is 250 g/mol. The summed E-state index contributed by atoms with van der Waals surface area (Å²) in [6.07, 6.45) is 6.73. The average Bonchev–Trinajstić information content (AvgIpc) is 2.47. The molecule has 1 aromatic rings. The van der Waals surface area contributed by atoms with Crippen LogP contribution in [0.25, 0.3) is 6.08 Å². The topological polar surface area (TPSA) is 40.5 Å². The van der Waals surface area contributed by atoms with Gasteiger partial charge in [0, 0.05) is 12.6 Å². The van der Waals surface area contributed by atoms with Crippen molar-refractivity contribution in [2.75, 3.05) is 13.1 Å². The third-order valence-corrected chi connectivity index (χ3v) is 4.09. The second-order valence-electron chi connectivity index (χ2n) is 5.54. The smallest absolute Gasteiger partial charge is 0.328 e. The molecule has 0 bridgehead atoms. The number of carboxylic acid groups (broad SMARTS) is 1. The Hall–Kier alpha value is -1.61. The summed E-state index contributed by atoms with van der Waals surface area (Å²) in [6, 6.07) is 8.14. The Morgan fingerprint density at radius 2 is 1.95 bits per heavy atom. The number of rotatable bonds is 5. The van der Waals surface area contributed by atoms with Gasteiger partial charge in [-0.1, -0.05) is 37.6 Å². The first-order chi connectivity index (χ1) is 9.67. The minimum Gasteiger partial charge on any atom is -0.478 e. The van der Waals surface area contributed by atoms with Gasteiger partial charge < -0.3 is 5.11 Å². The first-order valence-corrected chi connectivity index (χ1v) is 7.39. The van der Waals surface area contributed by atoms with E-state index in [4.69, 9.17) is 5.11 Å². The summed E-state index contributed by atoms with van der Waals surface area (Å²) in [5, 5.41) is 8.59. The van der Waals surface area contributed by atoms with Gasteiger partial charge in [0.1, 0.15) is 0 Å². The standard InChI is InChI=1S/C17H23NO2/c1-2-14-9-11-18(12-10-14)13-16-5-3-15(4-6-16)7-8-17(19)20/h3-8,14H,2,9-13H2,1H3,(H,19,20)/b8-7+. The first-order valence-electron chi connectivity index (χ1n) is 7.39. The van der Waals surface area contributed by atoms with Gasteiger partial charge in [-0.25, -0.2) is 4.79 Å². The van der Waals surface area contributed by atoms with Crippen molar-refractivity contribution in [2.24, 2.45) is 5.92 Å². The predicted octanol–water partition coefficient (Wildman–Crippen LogP) is 3.41. The highest BCUT2D eigenvalue weighted by Gasteiger charge is 2.17. The number of likely N-dealkylation sites (tertiary alicyclic amines) is 1. The van der Waals surface area contributed by atoms with Crippen LogP contribution in [-0.4, -0.2) is 29.1 Å². The summed E-state index contributed by atoms with van der Waals surface area (Å²) in [5.41, 5.74) is 2.23. The van der Waals surface area contributed by atoms with E-state index in [2.05, 4.69) is 24.0 Å². The van der Waals surface area contributed by atoms with Crippen LogP contribution < -0.4 is 0 Å². The van der Waals surface area contributed by atoms with E-state index in [0.717, 1.165) is 18.0 Å². The van der Waals surface area contributed by atoms with Crippen LogP contribution in [0.2, 0.25) is 0 Å². The lowest BCUT2D eigenvalue weighted by Crippen LogP contribution is -2.32. The molecule has 1 fully saturated rings. The zero-order chi connectivity index (χ0) is 14.4. The maximum absolute atomic E-state index is 10.5. The highest BCUT2D eigenvalue weighted by molar-refractivity contribution is 5.85. The number of carboxylic acids is 1. The molecule has 0 atom stereocenters. The van der Waals surface area contributed by atoms with Crippen molar-refractivity contribution in [1.29, 1.82) is 0 Å². The lowest BCUT2D eigenvalue weighted by atomic mass is 9.94. The highest BCUT2D eigenvalue weighted by atomic mass is 16.4. The Morgan fingerprint density at radius 3 is 2.50 bits per heavy atom. The summed E-state index contributed by atoms with van der Waals surface area (Å²) in [7, 11) is 0. The fourth-order valence-electron chi connectivity index (χ4n) is 2.71. The highest BCUT2D eigenvalue weighted by Crippen LogP contribution is 2.21. The van der Waals surface area contributed by atoms with Gasteiger partial charge in [0.2, 0.25) is 0 Å². The zero-order valence-corrected chi connectivity index (χ0v) is 12.1. The van der Waals surface area contributed by atoms with Crippen molar-refractivity contribution in [3.63, 3.8) is 0 Å². The van der Waals surface area contributed by atoms with E-state index in [1.54, 1.807) is 6.08 Å². The van der Waals surface area contributed by atoms with Crippen molar-refractivity contribution in [2.45, 2.75) is 32.7 Å². The number of benzene rings is 1. The van der Waals surface area contributed by atoms with Gasteiger partial charge in [-0.3, -0.25) is 4.90 Å². The minimum absolute atomic E-state index is 0.909. The van der Waals surface area contributed by atoms with Crippen molar-refractivity contribution in [3.8, 4) is 0 Å². The molecule has 0 radical (unpaired) electrons. The third-order valence-electron chi connectivity index (χ3n) is 4.09. The molecule has 3 nitrogen and oxygen atoms in total. The van der Waals surface area contributed by atoms with Crippen LogP contribution in [0.5, 0.6) is 0 Å². The van der Waals surface area contributed by atoms with E-state index in [-0.39, 0.29) is 0 Å². The van der Waals surface area contributed by atoms with Gasteiger partial charge >= 0.3 is 5.97 Å². The third kappa shape index (κ3) is 4.49. The molecule has 0 aliphatic carbocycles. The number of piperidine rings is 1. The van der Waals surface area contributed by atoms with Crippen molar-refractivity contribution < 1.29 is 9.90 Å². The molecule has 108 valence electrons. The summed E-state index contributed by atoms with van der Waals surface area (Å²) < 4.78 is 0. The number of carbonyl (C=O) groups is 1. The molecular formula is C17H23NO2. The van der Waals surface area contributed by atoms with Crippen LogP contribution in [0.4, 0.5) is 0 Å². The van der Waals surface area contributed by atoms with Gasteiger partial charge in [0.25, 0.3) is 0 Å². The average molecular weight is 273 g/mol. The fourth-order valence-corrected chi connectivity index (χ4v) is 2.71. The maximum Gasteiger partial charge on any atom is 0.328 e. The predicted molar refractivity (Wildman–Crippen MR) is 81.4 cm³/mol. The van der Waals surface area contributed by atoms with Crippen LogP contribution >= 0.6 is 0 Å². The molecule has 3 heteroatoms. The summed E-state index contributed by atoms with van der Waals surface area (Å²) in [6.45, 7) is 5.67. The molecule has 1 saturated heterocycles. The lowest BCUT2D eigenvalue weighted by molar-refractivity contribution is -0.131. The Morgan fingerprint density at radius 1 is 1.30 bits per heavy atom. The summed E-state index contributed by atoms with van der Waals surface area (Å²) in [5.74, 6) is 0.00246. The van der Waals surface area contributed by atoms with E-state index in [9.17, 15) is 4.79 Å². The molecule has 1 aliphatic rings. The molecule has 1 N–H and O–H groups in total. The van der Waals surface area contributed by atoms with E-state index >= 15 is 0 Å². The lowest BCUT2D eigenvalue weighted by Gasteiger charge is -2.31. The van der Waals surface area contributed by atoms with Crippen molar-refractivity contribution in [1.82, 2.24) is 4.90 Å². The van der Waals surface area contributed by atoms with Gasteiger partial charge in [0.05, 0.1) is 0 Å². The molecule has 0 amide bonds. The molecule has 20 heavy (non-hydrogen) atoms. The van der Waals surface area contributed by atoms with Crippen molar-refractivity contribution in [3.05, 3.63) is 41.5 Å². The van der Waals surface area contributed by atoms with Gasteiger partial charge in [-0.05, 0) is 49.1 Å². The molecule has 1 aromatic carbocycles. The largest absolute Gasteiger partial charge is 0.478 e. The summed E-state index contributed by atoms with van der Waals surface area (Å²) >= 11 is 0. The van der Waals surface area contributed by atoms with Crippen molar-refractivity contribution >= 4 is 12.0 Å². The Balaban J connectivity index is 1.86. The molecule has 2 rings (SSSR count). The van der Waals surface area contributed by atoms with Crippen LogP contribution in [0, 0.1) is 5.92 Å². The molecule has 0 unspecified atom stereocenters. The second-order valence-corrected chi connectivity index (χ2v) is 5.54. The SMILES string of the molecule is CCC1CCN(Cc2ccc(/C=C/C(=O)O)cc2)CC1. The normalized spacial score (nSPS) is 17.6. The maximum atomic E-state index is 10.5. The Labute approximate surface area is 120 Å². The molecule has 1 aliphatic heterocycles. The number of hydrogen-bond donors (Lipinski definition) is 1. The minimum atomic E-state index is -0.909. The Kier molecular flexibility index (Phi) is 5.36. The fraction of sp³-hybridized carbons (Fsp3) is 0.471. The molecule has 0 aromatic heterocycles. The van der Waals surface area contributed by atoms with E-state index in [1.807, 2.05) is 12.1 Å². The van der Waals surface area contributed by atoms with Crippen LogP contribution in [0.3, 0.4) is 0 Å². The quantitative estimate of drug-likeness (QED) is 0.836. The Bertz CT molecular complexity index is 456. The van der Waals surface area contributed by atoms with E-state index < -0.39 is 5.97 Å². The first kappa shape index (κ1) is 14.8. The van der Waals surface area contributed by atoms with E-state index in [1.165, 1.54) is 44.0 Å². The van der Waals surface area contributed by atoms with Gasteiger partial charge in [-0.15, -0.1) is 0 Å². The number of aliphatic carboxylic acids is 1. The van der Waals surface area contributed by atoms with Gasteiger partial charge in [0.15, 0.2) is 0 Å². The van der Waals surface area contributed by atoms with E-state index in [0.29, 0.717) is 0 Å². The molecule has 0 spiro atoms. The number of nitrogens with zero attached hydrogens (tertiary/aromatic N) is 1. The van der Waals surface area contributed by atoms with Crippen LogP contribution in [0.15, 0.2) is 30.3 Å². The molecule has 0 saturated carbocycles. The molecule has 1 heterocycles. The zero-order valence-electron chi connectivity index (χ0n) is 12.1. The second kappa shape index (κ2) is 7.25. The number of hydrogen-bond acceptors (Lipinski definition) is 2. The van der Waals surface area contributed by atoms with Crippen LogP contribution in [0.1, 0.15) is 37.3 Å². The summed E-state index contributed by atoms with van der Waals surface area (Å²) in [4.78, 5) is 13.0.